The Morgan fingerprint density at radius 2 is 1.71 bits per heavy atom. The highest BCUT2D eigenvalue weighted by Crippen LogP contribution is 2.38. The van der Waals surface area contributed by atoms with Gasteiger partial charge in [-0.1, -0.05) is 39.1 Å². The lowest BCUT2D eigenvalue weighted by Crippen LogP contribution is -2.45. The molecule has 2 N–H and O–H groups in total. The third kappa shape index (κ3) is 7.20. The third-order valence-electron chi connectivity index (χ3n) is 6.02. The first kappa shape index (κ1) is 33.2. The van der Waals surface area contributed by atoms with Crippen molar-refractivity contribution in [1.29, 1.82) is 0 Å². The van der Waals surface area contributed by atoms with E-state index in [1.54, 1.807) is 19.1 Å². The number of benzene rings is 2. The number of carbonyl (C=O) groups excluding carboxylic acids is 2. The van der Waals surface area contributed by atoms with Crippen molar-refractivity contribution in [2.45, 2.75) is 41.2 Å². The lowest BCUT2D eigenvalue weighted by Gasteiger charge is -2.31. The van der Waals surface area contributed by atoms with E-state index in [1.807, 2.05) is 45.8 Å². The molecule has 0 saturated carbocycles. The van der Waals surface area contributed by atoms with E-state index < -0.39 is 23.4 Å². The molecule has 0 unspecified atom stereocenters. The van der Waals surface area contributed by atoms with Crippen molar-refractivity contribution in [2.24, 2.45) is 0 Å². The number of anilines is 2. The predicted octanol–water partition coefficient (Wildman–Crippen LogP) is 8.09. The first-order valence-electron chi connectivity index (χ1n) is 13.1. The number of allylic oxidation sites excluding steroid dienone is 4. The van der Waals surface area contributed by atoms with Gasteiger partial charge in [-0.2, -0.15) is 0 Å². The number of nitrogens with zero attached hydrogens (tertiary/aromatic N) is 3. The van der Waals surface area contributed by atoms with Crippen LogP contribution in [0.3, 0.4) is 0 Å². The Morgan fingerprint density at radius 1 is 1.07 bits per heavy atom. The minimum atomic E-state index is -1.01. The number of carbonyl (C=O) groups is 2. The van der Waals surface area contributed by atoms with Crippen molar-refractivity contribution >= 4 is 30.0 Å². The average molecular weight is 578 g/mol. The van der Waals surface area contributed by atoms with Crippen molar-refractivity contribution in [3.05, 3.63) is 113 Å². The highest BCUT2D eigenvalue weighted by Gasteiger charge is 2.34. The maximum atomic E-state index is 14.8. The fourth-order valence-electron chi connectivity index (χ4n) is 4.10. The molecule has 4 rings (SSSR count). The van der Waals surface area contributed by atoms with Gasteiger partial charge in [0, 0.05) is 22.5 Å². The minimum Gasteiger partial charge on any atom is -0.356 e. The van der Waals surface area contributed by atoms with Gasteiger partial charge in [0.1, 0.15) is 35.8 Å². The van der Waals surface area contributed by atoms with Crippen LogP contribution < -0.4 is 15.5 Å². The van der Waals surface area contributed by atoms with Gasteiger partial charge in [-0.15, -0.1) is 0 Å². The van der Waals surface area contributed by atoms with Gasteiger partial charge in [0.05, 0.1) is 12.2 Å². The number of aryl methyl sites for hydroxylation is 2. The second-order valence-corrected chi connectivity index (χ2v) is 8.59. The molecule has 1 aliphatic rings. The Kier molecular flexibility index (Phi) is 12.0. The van der Waals surface area contributed by atoms with Crippen LogP contribution in [0.25, 0.3) is 17.0 Å². The monoisotopic (exact) mass is 577 g/mol. The number of amides is 2. The third-order valence-corrected chi connectivity index (χ3v) is 6.02. The topological polar surface area (TPSA) is 87.2 Å². The zero-order valence-electron chi connectivity index (χ0n) is 24.3. The average Bonchev–Trinajstić information content (AvgIpc) is 3.01. The summed E-state index contributed by atoms with van der Waals surface area (Å²) in [4.78, 5) is 30.8. The Labute approximate surface area is 244 Å². The number of halogens is 3. The fourth-order valence-corrected chi connectivity index (χ4v) is 4.10. The molecule has 0 spiro atoms. The fraction of sp³-hybridized carbons (Fsp3) is 0.188. The SMILES string of the molecule is C=C/C(F)=C(\C(F)=C/C)N1C(=O)NCc2c(-c3cc(C(=C)Nc4ccc(F)cc4)ccc3C)nc(C)nc21.C=O.CC. The molecule has 1 aliphatic heterocycles. The van der Waals surface area contributed by atoms with E-state index in [4.69, 9.17) is 4.79 Å². The van der Waals surface area contributed by atoms with Crippen molar-refractivity contribution in [3.63, 3.8) is 0 Å². The van der Waals surface area contributed by atoms with Gasteiger partial charge in [0.25, 0.3) is 0 Å². The summed E-state index contributed by atoms with van der Waals surface area (Å²) in [5.74, 6) is -1.91. The number of rotatable bonds is 7. The van der Waals surface area contributed by atoms with Crippen LogP contribution in [0.4, 0.5) is 29.5 Å². The lowest BCUT2D eigenvalue weighted by atomic mass is 9.97. The first-order valence-corrected chi connectivity index (χ1v) is 13.1. The molecule has 2 heterocycles. The van der Waals surface area contributed by atoms with Crippen LogP contribution in [0, 0.1) is 19.7 Å². The van der Waals surface area contributed by atoms with Crippen LogP contribution in [0.15, 0.2) is 85.1 Å². The normalized spacial score (nSPS) is 12.8. The first-order chi connectivity index (χ1) is 20.1. The zero-order chi connectivity index (χ0) is 31.6. The van der Waals surface area contributed by atoms with Crippen molar-refractivity contribution in [1.82, 2.24) is 15.3 Å². The highest BCUT2D eigenvalue weighted by atomic mass is 19.1. The quantitative estimate of drug-likeness (QED) is 0.277. The summed E-state index contributed by atoms with van der Waals surface area (Å²) in [5.41, 5.74) is 3.99. The van der Waals surface area contributed by atoms with Crippen molar-refractivity contribution < 1.29 is 22.8 Å². The predicted molar refractivity (Wildman–Crippen MR) is 162 cm³/mol. The number of nitrogens with one attached hydrogen (secondary N) is 2. The van der Waals surface area contributed by atoms with Crippen LogP contribution in [-0.4, -0.2) is 22.8 Å². The summed E-state index contributed by atoms with van der Waals surface area (Å²) in [6, 6.07) is 10.8. The zero-order valence-corrected chi connectivity index (χ0v) is 24.3. The summed E-state index contributed by atoms with van der Waals surface area (Å²) in [5, 5.41) is 5.83. The van der Waals surface area contributed by atoms with E-state index >= 15 is 0 Å². The standard InChI is InChI=1S/C29H26F3N5O.C2H6.CH2O/c1-6-24(31)27(25(32)7-2)37-28-23(15-33-29(37)38)26(35-18(5)36-28)22-14-19(9-8-16(22)3)17(4)34-21-12-10-20(30)11-13-21;2*1-2/h6-14,34H,1,4,15H2,2-3,5H3,(H,33,38);1-2H3;1H2/b25-7+,27-24-;;. The smallest absolute Gasteiger partial charge is 0.328 e. The van der Waals surface area contributed by atoms with Crippen LogP contribution in [0.5, 0.6) is 0 Å². The molecular weight excluding hydrogens is 543 g/mol. The van der Waals surface area contributed by atoms with E-state index in [0.717, 1.165) is 33.7 Å². The van der Waals surface area contributed by atoms with Gasteiger partial charge >= 0.3 is 6.03 Å². The van der Waals surface area contributed by atoms with Crippen molar-refractivity contribution in [3.8, 4) is 11.3 Å². The molecule has 3 aromatic rings. The number of hydrogen-bond acceptors (Lipinski definition) is 5. The summed E-state index contributed by atoms with van der Waals surface area (Å²) in [7, 11) is 0. The number of urea groups is 1. The van der Waals surface area contributed by atoms with Crippen LogP contribution >= 0.6 is 0 Å². The molecule has 0 aliphatic carbocycles. The Morgan fingerprint density at radius 3 is 2.31 bits per heavy atom. The molecule has 0 radical (unpaired) electrons. The Bertz CT molecular complexity index is 1530. The molecule has 42 heavy (non-hydrogen) atoms. The maximum absolute atomic E-state index is 14.8. The summed E-state index contributed by atoms with van der Waals surface area (Å²) in [6.07, 6.45) is 1.89. The van der Waals surface area contributed by atoms with E-state index in [0.29, 0.717) is 28.5 Å². The maximum Gasteiger partial charge on any atom is 0.328 e. The van der Waals surface area contributed by atoms with Gasteiger partial charge in [0.15, 0.2) is 5.82 Å². The summed E-state index contributed by atoms with van der Waals surface area (Å²) < 4.78 is 42.9. The highest BCUT2D eigenvalue weighted by molar-refractivity contribution is 5.99. The number of aromatic nitrogens is 2. The Balaban J connectivity index is 0.00000148. The van der Waals surface area contributed by atoms with Gasteiger partial charge in [-0.05, 0) is 74.4 Å². The van der Waals surface area contributed by atoms with Crippen molar-refractivity contribution in [2.75, 3.05) is 10.2 Å². The van der Waals surface area contributed by atoms with E-state index in [-0.39, 0.29) is 18.2 Å². The molecule has 1 aromatic heterocycles. The van der Waals surface area contributed by atoms with E-state index in [2.05, 4.69) is 33.8 Å². The molecule has 2 aromatic carbocycles. The molecule has 10 heteroatoms. The molecule has 0 saturated heterocycles. The minimum absolute atomic E-state index is 0.0547. The van der Waals surface area contributed by atoms with Gasteiger partial charge in [-0.25, -0.2) is 32.8 Å². The molecule has 220 valence electrons. The number of fused-ring (bicyclic) bond motifs is 1. The Hall–Kier alpha value is -4.99. The summed E-state index contributed by atoms with van der Waals surface area (Å²) >= 11 is 0. The van der Waals surface area contributed by atoms with E-state index in [1.165, 1.54) is 19.1 Å². The van der Waals surface area contributed by atoms with Gasteiger partial charge in [0.2, 0.25) is 0 Å². The van der Waals surface area contributed by atoms with E-state index in [9.17, 15) is 18.0 Å². The van der Waals surface area contributed by atoms with Gasteiger partial charge in [-0.3, -0.25) is 0 Å². The molecule has 0 bridgehead atoms. The van der Waals surface area contributed by atoms with Crippen LogP contribution in [0.1, 0.15) is 43.3 Å². The van der Waals surface area contributed by atoms with Crippen LogP contribution in [-0.2, 0) is 11.3 Å². The molecule has 2 amide bonds. The second-order valence-electron chi connectivity index (χ2n) is 8.59. The molecule has 0 atom stereocenters. The molecule has 0 fully saturated rings. The molecule has 7 nitrogen and oxygen atoms in total. The largest absolute Gasteiger partial charge is 0.356 e. The lowest BCUT2D eigenvalue weighted by molar-refractivity contribution is -0.0980. The molecular formula is C32H34F3N5O2. The second kappa shape index (κ2) is 15.1. The van der Waals surface area contributed by atoms with Crippen LogP contribution in [0.2, 0.25) is 0 Å². The van der Waals surface area contributed by atoms with Gasteiger partial charge < -0.3 is 15.4 Å². The summed E-state index contributed by atoms with van der Waals surface area (Å²) in [6.45, 7) is 18.5. The number of hydrogen-bond donors (Lipinski definition) is 2.